The molecule has 1 aromatic rings. The van der Waals surface area contributed by atoms with Crippen molar-refractivity contribution in [2.24, 2.45) is 0 Å². The predicted molar refractivity (Wildman–Crippen MR) is 81.4 cm³/mol. The maximum atomic E-state index is 9.55. The van der Waals surface area contributed by atoms with Gasteiger partial charge in [-0.1, -0.05) is 11.3 Å². The first kappa shape index (κ1) is 13.0. The summed E-state index contributed by atoms with van der Waals surface area (Å²) in [5.74, 6) is 0.633. The van der Waals surface area contributed by atoms with E-state index in [1.54, 1.807) is 11.3 Å². The van der Waals surface area contributed by atoms with Gasteiger partial charge in [0.1, 0.15) is 0 Å². The van der Waals surface area contributed by atoms with Gasteiger partial charge in [-0.15, -0.1) is 0 Å². The molecule has 2 aliphatic heterocycles. The number of thiazole rings is 1. The summed E-state index contributed by atoms with van der Waals surface area (Å²) < 4.78 is 0. The zero-order valence-electron chi connectivity index (χ0n) is 12.1. The zero-order valence-corrected chi connectivity index (χ0v) is 12.9. The highest BCUT2D eigenvalue weighted by Gasteiger charge is 2.36. The second kappa shape index (κ2) is 4.97. The summed E-state index contributed by atoms with van der Waals surface area (Å²) in [7, 11) is 2.28. The summed E-state index contributed by atoms with van der Waals surface area (Å²) in [6.07, 6.45) is 6.44. The average Bonchev–Trinajstić information content (AvgIpc) is 3.12. The molecular formula is C15H23N3OS. The number of anilines is 1. The van der Waals surface area contributed by atoms with Gasteiger partial charge in [0, 0.05) is 31.1 Å². The zero-order chi connectivity index (χ0) is 13.7. The van der Waals surface area contributed by atoms with Crippen LogP contribution in [0.3, 0.4) is 0 Å². The number of aromatic nitrogens is 1. The highest BCUT2D eigenvalue weighted by atomic mass is 32.1. The molecular weight excluding hydrogens is 270 g/mol. The molecule has 3 heterocycles. The van der Waals surface area contributed by atoms with E-state index in [0.717, 1.165) is 29.1 Å². The molecule has 0 radical (unpaired) electrons. The lowest BCUT2D eigenvalue weighted by molar-refractivity contribution is 0.254. The molecule has 1 saturated carbocycles. The van der Waals surface area contributed by atoms with E-state index in [4.69, 9.17) is 4.98 Å². The van der Waals surface area contributed by atoms with Crippen LogP contribution in [0.2, 0.25) is 0 Å². The van der Waals surface area contributed by atoms with Gasteiger partial charge >= 0.3 is 0 Å². The molecule has 1 aromatic heterocycles. The second-order valence-corrected chi connectivity index (χ2v) is 7.58. The second-order valence-electron chi connectivity index (χ2n) is 6.52. The van der Waals surface area contributed by atoms with Crippen molar-refractivity contribution in [1.29, 1.82) is 0 Å². The van der Waals surface area contributed by atoms with Gasteiger partial charge in [-0.25, -0.2) is 4.98 Å². The van der Waals surface area contributed by atoms with Gasteiger partial charge in [0.05, 0.1) is 17.2 Å². The minimum atomic E-state index is 0.156. The smallest absolute Gasteiger partial charge is 0.185 e. The topological polar surface area (TPSA) is 39.6 Å². The maximum Gasteiger partial charge on any atom is 0.185 e. The van der Waals surface area contributed by atoms with Crippen molar-refractivity contribution in [1.82, 2.24) is 9.88 Å². The van der Waals surface area contributed by atoms with Crippen LogP contribution in [0.25, 0.3) is 0 Å². The molecule has 2 bridgehead atoms. The third-order valence-electron chi connectivity index (χ3n) is 5.24. The molecule has 2 saturated heterocycles. The number of aliphatic hydroxyl groups excluding tert-OH is 1. The van der Waals surface area contributed by atoms with Crippen LogP contribution in [0.15, 0.2) is 0 Å². The molecule has 0 spiro atoms. The molecule has 3 aliphatic rings. The van der Waals surface area contributed by atoms with Crippen LogP contribution in [-0.4, -0.2) is 47.2 Å². The van der Waals surface area contributed by atoms with E-state index in [1.165, 1.54) is 37.8 Å². The molecule has 1 N–H and O–H groups in total. The molecule has 0 aromatic carbocycles. The van der Waals surface area contributed by atoms with E-state index >= 15 is 0 Å². The van der Waals surface area contributed by atoms with Crippen LogP contribution in [-0.2, 0) is 6.61 Å². The van der Waals surface area contributed by atoms with Crippen LogP contribution in [0.5, 0.6) is 0 Å². The van der Waals surface area contributed by atoms with Gasteiger partial charge in [-0.05, 0) is 39.2 Å². The third-order valence-corrected chi connectivity index (χ3v) is 6.36. The quantitative estimate of drug-likeness (QED) is 0.927. The molecule has 0 amide bonds. The van der Waals surface area contributed by atoms with Crippen molar-refractivity contribution >= 4 is 16.5 Å². The SMILES string of the molecule is CN1C2CCC1CN(c1nc(C3CC3)c(CO)s1)CC2. The molecule has 110 valence electrons. The lowest BCUT2D eigenvalue weighted by Crippen LogP contribution is -2.36. The fourth-order valence-electron chi connectivity index (χ4n) is 3.76. The minimum absolute atomic E-state index is 0.156. The van der Waals surface area contributed by atoms with E-state index in [1.807, 2.05) is 0 Å². The normalized spacial score (nSPS) is 30.8. The highest BCUT2D eigenvalue weighted by Crippen LogP contribution is 2.44. The number of nitrogens with zero attached hydrogens (tertiary/aromatic N) is 3. The van der Waals surface area contributed by atoms with Crippen molar-refractivity contribution in [3.05, 3.63) is 10.6 Å². The Morgan fingerprint density at radius 1 is 1.20 bits per heavy atom. The summed E-state index contributed by atoms with van der Waals surface area (Å²) >= 11 is 1.72. The van der Waals surface area contributed by atoms with E-state index in [0.29, 0.717) is 12.0 Å². The molecule has 4 rings (SSSR count). The molecule has 4 nitrogen and oxygen atoms in total. The number of hydrogen-bond acceptors (Lipinski definition) is 5. The fraction of sp³-hybridized carbons (Fsp3) is 0.800. The van der Waals surface area contributed by atoms with Crippen molar-refractivity contribution < 1.29 is 5.11 Å². The number of aliphatic hydroxyl groups is 1. The molecule has 5 heteroatoms. The Hall–Kier alpha value is -0.650. The van der Waals surface area contributed by atoms with E-state index in [9.17, 15) is 5.11 Å². The van der Waals surface area contributed by atoms with Gasteiger partial charge in [-0.2, -0.15) is 0 Å². The third kappa shape index (κ3) is 2.16. The maximum absolute atomic E-state index is 9.55. The predicted octanol–water partition coefficient (Wildman–Crippen LogP) is 2.19. The summed E-state index contributed by atoms with van der Waals surface area (Å²) in [6.45, 7) is 2.38. The van der Waals surface area contributed by atoms with Crippen LogP contribution in [0.1, 0.15) is 48.6 Å². The lowest BCUT2D eigenvalue weighted by atomic mass is 10.1. The Balaban J connectivity index is 1.58. The molecule has 2 unspecified atom stereocenters. The Morgan fingerprint density at radius 2 is 2.00 bits per heavy atom. The number of rotatable bonds is 3. The van der Waals surface area contributed by atoms with Crippen molar-refractivity contribution in [3.63, 3.8) is 0 Å². The van der Waals surface area contributed by atoms with Gasteiger partial charge in [0.15, 0.2) is 5.13 Å². The van der Waals surface area contributed by atoms with Gasteiger partial charge in [0.25, 0.3) is 0 Å². The summed E-state index contributed by atoms with van der Waals surface area (Å²) in [6, 6.07) is 1.46. The Labute approximate surface area is 124 Å². The first-order valence-corrected chi connectivity index (χ1v) is 8.65. The van der Waals surface area contributed by atoms with Crippen molar-refractivity contribution in [2.45, 2.75) is 56.7 Å². The van der Waals surface area contributed by atoms with Gasteiger partial charge < -0.3 is 10.0 Å². The van der Waals surface area contributed by atoms with Gasteiger partial charge in [-0.3, -0.25) is 4.90 Å². The van der Waals surface area contributed by atoms with Crippen LogP contribution < -0.4 is 4.90 Å². The standard InChI is InChI=1S/C15H23N3OS/c1-17-11-4-5-12(17)8-18(7-6-11)15-16-14(10-2-3-10)13(9-19)20-15/h10-12,19H,2-9H2,1H3. The highest BCUT2D eigenvalue weighted by molar-refractivity contribution is 7.15. The van der Waals surface area contributed by atoms with E-state index < -0.39 is 0 Å². The minimum Gasteiger partial charge on any atom is -0.391 e. The monoisotopic (exact) mass is 293 g/mol. The molecule has 3 fully saturated rings. The number of fused-ring (bicyclic) bond motifs is 2. The van der Waals surface area contributed by atoms with E-state index in [-0.39, 0.29) is 6.61 Å². The summed E-state index contributed by atoms with van der Waals surface area (Å²) in [5.41, 5.74) is 1.19. The fourth-order valence-corrected chi connectivity index (χ4v) is 4.80. The van der Waals surface area contributed by atoms with Crippen LogP contribution in [0.4, 0.5) is 5.13 Å². The molecule has 20 heavy (non-hydrogen) atoms. The summed E-state index contributed by atoms with van der Waals surface area (Å²) in [5, 5.41) is 10.7. The van der Waals surface area contributed by atoms with Crippen molar-refractivity contribution in [3.8, 4) is 0 Å². The summed E-state index contributed by atoms with van der Waals surface area (Å²) in [4.78, 5) is 11.0. The van der Waals surface area contributed by atoms with Crippen molar-refractivity contribution in [2.75, 3.05) is 25.0 Å². The molecule has 2 atom stereocenters. The van der Waals surface area contributed by atoms with Gasteiger partial charge in [0.2, 0.25) is 0 Å². The number of likely N-dealkylation sites (N-methyl/N-ethyl adjacent to an activating group) is 1. The average molecular weight is 293 g/mol. The van der Waals surface area contributed by atoms with Crippen LogP contribution in [0, 0.1) is 0 Å². The largest absolute Gasteiger partial charge is 0.391 e. The first-order chi connectivity index (χ1) is 9.76. The Kier molecular flexibility index (Phi) is 3.24. The molecule has 1 aliphatic carbocycles. The van der Waals surface area contributed by atoms with Crippen LogP contribution >= 0.6 is 11.3 Å². The number of hydrogen-bond donors (Lipinski definition) is 1. The van der Waals surface area contributed by atoms with E-state index in [2.05, 4.69) is 16.8 Å². The first-order valence-electron chi connectivity index (χ1n) is 7.83. The Bertz CT molecular complexity index is 499. The Morgan fingerprint density at radius 3 is 2.75 bits per heavy atom. The lowest BCUT2D eigenvalue weighted by Gasteiger charge is -2.25.